The molecule has 3 heterocycles. The van der Waals surface area contributed by atoms with Crippen molar-refractivity contribution in [2.45, 2.75) is 43.4 Å². The molecule has 2 amide bonds. The van der Waals surface area contributed by atoms with Crippen molar-refractivity contribution in [1.29, 1.82) is 0 Å². The van der Waals surface area contributed by atoms with Crippen LogP contribution in [0, 0.1) is 36.5 Å². The van der Waals surface area contributed by atoms with Crippen LogP contribution in [-0.4, -0.2) is 35.1 Å². The summed E-state index contributed by atoms with van der Waals surface area (Å²) >= 11 is 3.05. The van der Waals surface area contributed by atoms with Gasteiger partial charge < -0.3 is 9.88 Å². The molecule has 7 rings (SSSR count). The van der Waals surface area contributed by atoms with Crippen molar-refractivity contribution < 1.29 is 9.59 Å². The number of fused-ring (bicyclic) bond motifs is 9. The summed E-state index contributed by atoms with van der Waals surface area (Å²) in [6.45, 7) is 8.23. The number of nitrogens with zero attached hydrogens (tertiary/aromatic N) is 2. The lowest BCUT2D eigenvalue weighted by atomic mass is 9.68. The number of nitrogens with one attached hydrogen (secondary N) is 1. The molecule has 7 atom stereocenters. The molecule has 2 aliphatic heterocycles. The number of hydrogen-bond donors (Lipinski definition) is 1. The minimum Gasteiger partial charge on any atom is -0.372 e. The van der Waals surface area contributed by atoms with Gasteiger partial charge in [0, 0.05) is 34.8 Å². The summed E-state index contributed by atoms with van der Waals surface area (Å²) in [6.07, 6.45) is 0.907. The molecular formula is C30H31N3O3S2. The summed E-state index contributed by atoms with van der Waals surface area (Å²) in [5.41, 5.74) is 4.18. The van der Waals surface area contributed by atoms with Gasteiger partial charge in [0.25, 0.3) is 0 Å². The topological polar surface area (TPSA) is 73.5 Å². The lowest BCUT2D eigenvalue weighted by Crippen LogP contribution is -2.42. The minimum atomic E-state index is -0.273. The van der Waals surface area contributed by atoms with Crippen LogP contribution in [0.3, 0.4) is 0 Å². The number of imide groups is 1. The molecule has 2 saturated carbocycles. The van der Waals surface area contributed by atoms with Gasteiger partial charge in [0.15, 0.2) is 0 Å². The smallest absolute Gasteiger partial charge is 0.305 e. The van der Waals surface area contributed by atoms with E-state index in [0.29, 0.717) is 5.69 Å². The lowest BCUT2D eigenvalue weighted by molar-refractivity contribution is -0.123. The van der Waals surface area contributed by atoms with Gasteiger partial charge in [-0.05, 0) is 74.8 Å². The third-order valence-corrected chi connectivity index (χ3v) is 12.0. The number of aryl methyl sites for hydroxylation is 1. The highest BCUT2D eigenvalue weighted by Crippen LogP contribution is 2.68. The van der Waals surface area contributed by atoms with Crippen LogP contribution in [-0.2, 0) is 9.59 Å². The molecule has 1 aromatic heterocycles. The van der Waals surface area contributed by atoms with Gasteiger partial charge in [-0.1, -0.05) is 41.2 Å². The first-order valence-corrected chi connectivity index (χ1v) is 15.3. The molecule has 2 bridgehead atoms. The van der Waals surface area contributed by atoms with Crippen molar-refractivity contribution in [2.75, 3.05) is 22.9 Å². The van der Waals surface area contributed by atoms with E-state index in [1.807, 2.05) is 31.2 Å². The van der Waals surface area contributed by atoms with Crippen LogP contribution in [0.1, 0.15) is 42.2 Å². The normalized spacial score (nSPS) is 30.9. The molecule has 3 aromatic rings. The van der Waals surface area contributed by atoms with Gasteiger partial charge >= 0.3 is 4.87 Å². The first-order chi connectivity index (χ1) is 18.4. The quantitative estimate of drug-likeness (QED) is 0.443. The van der Waals surface area contributed by atoms with E-state index >= 15 is 0 Å². The maximum absolute atomic E-state index is 13.9. The highest BCUT2D eigenvalue weighted by atomic mass is 32.2. The zero-order valence-corrected chi connectivity index (χ0v) is 23.4. The first kappa shape index (κ1) is 24.2. The molecule has 2 aromatic carbocycles. The van der Waals surface area contributed by atoms with Crippen LogP contribution in [0.25, 0.3) is 0 Å². The standard InChI is InChI=1S/C30H31N3O3S2/c1-4-32(5-2)17-12-8-16(9-13-17)21-22-19-14-20(25(22)37-27-26(21)38-30(36)31-27)24-23(19)28(34)33(29(24)35)18-10-6-15(3)7-11-18/h6-13,19-25H,4-5,14H2,1-3H3,(H,31,36)/t19-,20-,21-,22+,23-,24-,25+/m1/s1. The molecule has 1 N–H and O–H groups in total. The molecule has 2 aliphatic carbocycles. The number of hydrogen-bond acceptors (Lipinski definition) is 6. The average Bonchev–Trinajstić information content (AvgIpc) is 3.65. The number of anilines is 2. The summed E-state index contributed by atoms with van der Waals surface area (Å²) < 4.78 is 0. The van der Waals surface area contributed by atoms with Crippen molar-refractivity contribution in [3.8, 4) is 0 Å². The van der Waals surface area contributed by atoms with Crippen LogP contribution >= 0.6 is 23.1 Å². The number of rotatable bonds is 5. The Kier molecular flexibility index (Phi) is 5.64. The summed E-state index contributed by atoms with van der Waals surface area (Å²) in [4.78, 5) is 48.1. The van der Waals surface area contributed by atoms with Gasteiger partial charge in [0.2, 0.25) is 11.8 Å². The lowest BCUT2D eigenvalue weighted by Gasteiger charge is -2.43. The third kappa shape index (κ3) is 3.35. The highest BCUT2D eigenvalue weighted by Gasteiger charge is 2.69. The second kappa shape index (κ2) is 8.85. The molecule has 38 heavy (non-hydrogen) atoms. The summed E-state index contributed by atoms with van der Waals surface area (Å²) in [5, 5.41) is 1.16. The maximum atomic E-state index is 13.9. The van der Waals surface area contributed by atoms with Crippen LogP contribution in [0.4, 0.5) is 11.4 Å². The van der Waals surface area contributed by atoms with E-state index in [-0.39, 0.29) is 57.4 Å². The number of aromatic nitrogens is 1. The minimum absolute atomic E-state index is 0.0301. The van der Waals surface area contributed by atoms with Gasteiger partial charge in [-0.3, -0.25) is 19.3 Å². The highest BCUT2D eigenvalue weighted by molar-refractivity contribution is 8.00. The monoisotopic (exact) mass is 545 g/mol. The first-order valence-electron chi connectivity index (χ1n) is 13.6. The summed E-state index contributed by atoms with van der Waals surface area (Å²) in [7, 11) is 0. The molecule has 8 heteroatoms. The van der Waals surface area contributed by atoms with E-state index in [2.05, 4.69) is 48.0 Å². The second-order valence-electron chi connectivity index (χ2n) is 11.1. The molecular weight excluding hydrogens is 514 g/mol. The largest absolute Gasteiger partial charge is 0.372 e. The van der Waals surface area contributed by atoms with Crippen LogP contribution in [0.2, 0.25) is 0 Å². The number of thiazole rings is 1. The fraction of sp³-hybridized carbons (Fsp3) is 0.433. The Labute approximate surface area is 230 Å². The summed E-state index contributed by atoms with van der Waals surface area (Å²) in [5.74, 6) is -0.0698. The van der Waals surface area contributed by atoms with Gasteiger partial charge in [-0.25, -0.2) is 0 Å². The second-order valence-corrected chi connectivity index (χ2v) is 13.3. The Bertz CT molecular complexity index is 1470. The molecule has 1 saturated heterocycles. The number of aromatic amines is 1. The van der Waals surface area contributed by atoms with Crippen molar-refractivity contribution in [2.24, 2.45) is 29.6 Å². The maximum Gasteiger partial charge on any atom is 0.305 e. The molecule has 3 fully saturated rings. The number of carbonyl (C=O) groups excluding carboxylic acids is 2. The van der Waals surface area contributed by atoms with Crippen LogP contribution < -0.4 is 14.7 Å². The molecule has 0 spiro atoms. The van der Waals surface area contributed by atoms with Crippen molar-refractivity contribution in [3.63, 3.8) is 0 Å². The Balaban J connectivity index is 1.28. The fourth-order valence-corrected chi connectivity index (χ4v) is 10.7. The van der Waals surface area contributed by atoms with Gasteiger partial charge in [0.1, 0.15) is 0 Å². The Hall–Kier alpha value is -2.84. The Morgan fingerprint density at radius 3 is 2.24 bits per heavy atom. The van der Waals surface area contributed by atoms with Crippen LogP contribution in [0.5, 0.6) is 0 Å². The third-order valence-electron chi connectivity index (χ3n) is 9.40. The van der Waals surface area contributed by atoms with E-state index < -0.39 is 0 Å². The molecule has 4 aliphatic rings. The predicted octanol–water partition coefficient (Wildman–Crippen LogP) is 5.27. The van der Waals surface area contributed by atoms with Crippen molar-refractivity contribution in [3.05, 3.63) is 74.2 Å². The zero-order chi connectivity index (χ0) is 26.3. The number of thioether (sulfide) groups is 1. The Morgan fingerprint density at radius 1 is 0.921 bits per heavy atom. The zero-order valence-electron chi connectivity index (χ0n) is 21.7. The van der Waals surface area contributed by atoms with E-state index in [0.717, 1.165) is 35.0 Å². The number of benzene rings is 2. The van der Waals surface area contributed by atoms with E-state index in [9.17, 15) is 14.4 Å². The van der Waals surface area contributed by atoms with Gasteiger partial charge in [-0.2, -0.15) is 0 Å². The molecule has 196 valence electrons. The SMILES string of the molecule is CCN(CC)c1ccc([C@H]2c3sc(=O)[nH]c3S[C@H]3[C@@H]4C[C@@H]([C@H]5C(=O)N(c6ccc(C)cc6)C(=O)[C@H]45)[C@@H]23)cc1. The van der Waals surface area contributed by atoms with Crippen LogP contribution in [0.15, 0.2) is 58.4 Å². The molecule has 0 unspecified atom stereocenters. The van der Waals surface area contributed by atoms with Crippen molar-refractivity contribution >= 4 is 46.3 Å². The van der Waals surface area contributed by atoms with E-state index in [4.69, 9.17) is 0 Å². The number of carbonyl (C=O) groups is 2. The van der Waals surface area contributed by atoms with Gasteiger partial charge in [-0.15, -0.1) is 11.8 Å². The number of amides is 2. The van der Waals surface area contributed by atoms with Crippen molar-refractivity contribution in [1.82, 2.24) is 4.98 Å². The van der Waals surface area contributed by atoms with Gasteiger partial charge in [0.05, 0.1) is 22.5 Å². The van der Waals surface area contributed by atoms with E-state index in [1.165, 1.54) is 27.5 Å². The molecule has 0 radical (unpaired) electrons. The average molecular weight is 546 g/mol. The summed E-state index contributed by atoms with van der Waals surface area (Å²) in [6, 6.07) is 16.5. The number of H-pyrrole nitrogens is 1. The fourth-order valence-electron chi connectivity index (χ4n) is 7.82. The predicted molar refractivity (Wildman–Crippen MR) is 152 cm³/mol. The molecule has 6 nitrogen and oxygen atoms in total. The van der Waals surface area contributed by atoms with E-state index in [1.54, 1.807) is 11.8 Å². The Morgan fingerprint density at radius 2 is 1.58 bits per heavy atom.